The van der Waals surface area contributed by atoms with Gasteiger partial charge in [0.2, 0.25) is 0 Å². The Labute approximate surface area is 133 Å². The molecule has 128 valence electrons. The number of allylic oxidation sites excluding steroid dienone is 1. The Morgan fingerprint density at radius 3 is 2.36 bits per heavy atom. The Morgan fingerprint density at radius 2 is 1.82 bits per heavy atom. The van der Waals surface area contributed by atoms with Crippen LogP contribution in [0.2, 0.25) is 0 Å². The van der Waals surface area contributed by atoms with Gasteiger partial charge in [0.05, 0.1) is 12.7 Å². The summed E-state index contributed by atoms with van der Waals surface area (Å²) >= 11 is 0. The molecule has 0 aromatic carbocycles. The van der Waals surface area contributed by atoms with Crippen LogP contribution in [0.25, 0.3) is 0 Å². The monoisotopic (exact) mass is 332 g/mol. The summed E-state index contributed by atoms with van der Waals surface area (Å²) in [7, 11) is -4.39. The van der Waals surface area contributed by atoms with E-state index in [4.69, 9.17) is 9.47 Å². The van der Waals surface area contributed by atoms with E-state index in [-0.39, 0.29) is 0 Å². The summed E-state index contributed by atoms with van der Waals surface area (Å²) in [6, 6.07) is 0. The fraction of sp³-hybridized carbons (Fsp3) is 0.750. The van der Waals surface area contributed by atoms with Crippen molar-refractivity contribution in [3.63, 3.8) is 0 Å². The summed E-state index contributed by atoms with van der Waals surface area (Å²) in [6.07, 6.45) is 6.44. The van der Waals surface area contributed by atoms with E-state index >= 15 is 0 Å². The molecular weight excluding hydrogens is 303 g/mol. The third kappa shape index (κ3) is 4.69. The van der Waals surface area contributed by atoms with Crippen molar-refractivity contribution in [3.05, 3.63) is 23.5 Å². The summed E-state index contributed by atoms with van der Waals surface area (Å²) in [5.41, 5.74) is 0.864. The molecule has 0 aromatic heterocycles. The highest BCUT2D eigenvalue weighted by atomic mass is 31.2. The van der Waals surface area contributed by atoms with E-state index in [1.165, 1.54) is 6.92 Å². The maximum absolute atomic E-state index is 12.0. The molecule has 6 heteroatoms. The number of hydrogen-bond acceptors (Lipinski definition) is 3. The second-order valence-electron chi connectivity index (χ2n) is 5.98. The lowest BCUT2D eigenvalue weighted by Crippen LogP contribution is -2.41. The van der Waals surface area contributed by atoms with E-state index < -0.39 is 18.9 Å². The molecule has 1 aliphatic rings. The zero-order valence-corrected chi connectivity index (χ0v) is 14.9. The van der Waals surface area contributed by atoms with Crippen LogP contribution in [0, 0.1) is 0 Å². The highest BCUT2D eigenvalue weighted by Crippen LogP contribution is 2.56. The van der Waals surface area contributed by atoms with Gasteiger partial charge in [0.15, 0.2) is 0 Å². The molecule has 0 heterocycles. The van der Waals surface area contributed by atoms with E-state index in [0.717, 1.165) is 31.3 Å². The van der Waals surface area contributed by atoms with E-state index in [0.29, 0.717) is 19.0 Å². The summed E-state index contributed by atoms with van der Waals surface area (Å²) in [5.74, 6) is 0.551. The minimum absolute atomic E-state index is 0.487. The van der Waals surface area contributed by atoms with Gasteiger partial charge in [0.1, 0.15) is 10.9 Å². The molecule has 5 nitrogen and oxygen atoms in total. The van der Waals surface area contributed by atoms with E-state index in [1.54, 1.807) is 12.2 Å². The fourth-order valence-corrected chi connectivity index (χ4v) is 3.01. The van der Waals surface area contributed by atoms with Crippen LogP contribution in [0.1, 0.15) is 53.4 Å². The van der Waals surface area contributed by atoms with Gasteiger partial charge in [-0.05, 0) is 44.4 Å². The van der Waals surface area contributed by atoms with Crippen molar-refractivity contribution in [2.45, 2.75) is 64.6 Å². The lowest BCUT2D eigenvalue weighted by Gasteiger charge is -2.37. The second-order valence-corrected chi connectivity index (χ2v) is 8.03. The summed E-state index contributed by atoms with van der Waals surface area (Å²) in [5, 5.41) is -1.39. The van der Waals surface area contributed by atoms with Crippen LogP contribution in [0.15, 0.2) is 23.5 Å². The SMILES string of the molecule is CCCCOC1=CC(C)(P(=O)(O)O)C(OCCCC)C=C1C. The van der Waals surface area contributed by atoms with E-state index in [2.05, 4.69) is 6.92 Å². The molecule has 2 atom stereocenters. The molecule has 2 N–H and O–H groups in total. The van der Waals surface area contributed by atoms with E-state index in [1.807, 2.05) is 13.8 Å². The lowest BCUT2D eigenvalue weighted by molar-refractivity contribution is 0.0567. The predicted octanol–water partition coefficient (Wildman–Crippen LogP) is 3.77. The number of unbranched alkanes of at least 4 members (excludes halogenated alkanes) is 2. The van der Waals surface area contributed by atoms with Crippen LogP contribution in [0.5, 0.6) is 0 Å². The molecule has 1 aliphatic carbocycles. The van der Waals surface area contributed by atoms with Gasteiger partial charge in [0, 0.05) is 6.61 Å². The smallest absolute Gasteiger partial charge is 0.338 e. The third-order valence-corrected chi connectivity index (χ3v) is 5.61. The average molecular weight is 332 g/mol. The van der Waals surface area contributed by atoms with E-state index in [9.17, 15) is 14.4 Å². The number of rotatable bonds is 9. The average Bonchev–Trinajstić information content (AvgIpc) is 2.43. The number of ether oxygens (including phenoxy) is 2. The van der Waals surface area contributed by atoms with Gasteiger partial charge in [-0.25, -0.2) is 0 Å². The maximum atomic E-state index is 12.0. The quantitative estimate of drug-likeness (QED) is 0.496. The number of hydrogen-bond donors (Lipinski definition) is 2. The van der Waals surface area contributed by atoms with Gasteiger partial charge in [-0.2, -0.15) is 0 Å². The third-order valence-electron chi connectivity index (χ3n) is 3.97. The summed E-state index contributed by atoms with van der Waals surface area (Å²) in [6.45, 7) is 8.57. The van der Waals surface area contributed by atoms with Crippen molar-refractivity contribution >= 4 is 7.60 Å². The Bertz CT molecular complexity index is 465. The van der Waals surface area contributed by atoms with Crippen molar-refractivity contribution in [2.24, 2.45) is 0 Å². The zero-order chi connectivity index (χ0) is 16.8. The molecule has 0 radical (unpaired) electrons. The van der Waals surface area contributed by atoms with Gasteiger partial charge in [0.25, 0.3) is 0 Å². The molecule has 22 heavy (non-hydrogen) atoms. The van der Waals surface area contributed by atoms with Crippen molar-refractivity contribution in [1.29, 1.82) is 0 Å². The van der Waals surface area contributed by atoms with Crippen molar-refractivity contribution in [3.8, 4) is 0 Å². The van der Waals surface area contributed by atoms with Gasteiger partial charge in [-0.1, -0.05) is 26.7 Å². The van der Waals surface area contributed by atoms with Crippen LogP contribution in [-0.2, 0) is 14.0 Å². The van der Waals surface area contributed by atoms with Crippen LogP contribution in [-0.4, -0.2) is 34.3 Å². The Morgan fingerprint density at radius 1 is 1.23 bits per heavy atom. The first kappa shape index (κ1) is 19.4. The Hall–Kier alpha value is -0.610. The zero-order valence-electron chi connectivity index (χ0n) is 14.0. The normalized spacial score (nSPS) is 25.6. The first-order chi connectivity index (χ1) is 10.3. The maximum Gasteiger partial charge on any atom is 0.338 e. The first-order valence-corrected chi connectivity index (χ1v) is 9.59. The van der Waals surface area contributed by atoms with Gasteiger partial charge in [-0.15, -0.1) is 0 Å². The van der Waals surface area contributed by atoms with Crippen LogP contribution in [0.3, 0.4) is 0 Å². The van der Waals surface area contributed by atoms with Crippen LogP contribution >= 0.6 is 7.60 Å². The van der Waals surface area contributed by atoms with Crippen molar-refractivity contribution in [1.82, 2.24) is 0 Å². The highest BCUT2D eigenvalue weighted by molar-refractivity contribution is 7.53. The summed E-state index contributed by atoms with van der Waals surface area (Å²) in [4.78, 5) is 19.6. The standard InChI is InChI=1S/C16H29O5P/c1-5-7-9-20-14-12-16(4,22(17,18)19)15(11-13(14)3)21-10-8-6-2/h11-12,15H,5-10H2,1-4H3,(H2,17,18,19). The molecule has 0 aliphatic heterocycles. The van der Waals surface area contributed by atoms with Gasteiger partial charge < -0.3 is 19.3 Å². The predicted molar refractivity (Wildman–Crippen MR) is 87.8 cm³/mol. The highest BCUT2D eigenvalue weighted by Gasteiger charge is 2.49. The van der Waals surface area contributed by atoms with Crippen LogP contribution in [0.4, 0.5) is 0 Å². The molecule has 0 bridgehead atoms. The minimum Gasteiger partial charge on any atom is -0.494 e. The second kappa shape index (κ2) is 8.30. The largest absolute Gasteiger partial charge is 0.494 e. The van der Waals surface area contributed by atoms with Crippen molar-refractivity contribution < 1.29 is 23.8 Å². The lowest BCUT2D eigenvalue weighted by atomic mass is 9.93. The molecule has 0 aromatic rings. The molecule has 2 unspecified atom stereocenters. The molecule has 0 saturated carbocycles. The molecule has 0 amide bonds. The Kier molecular flexibility index (Phi) is 7.33. The molecule has 0 saturated heterocycles. The topological polar surface area (TPSA) is 76.0 Å². The molecular formula is C16H29O5P. The molecule has 0 spiro atoms. The summed E-state index contributed by atoms with van der Waals surface area (Å²) < 4.78 is 23.5. The molecule has 0 fully saturated rings. The van der Waals surface area contributed by atoms with Crippen LogP contribution < -0.4 is 0 Å². The Balaban J connectivity index is 2.99. The minimum atomic E-state index is -4.39. The first-order valence-electron chi connectivity index (χ1n) is 7.98. The van der Waals surface area contributed by atoms with Gasteiger partial charge in [-0.3, -0.25) is 4.57 Å². The fourth-order valence-electron chi connectivity index (χ4n) is 2.24. The van der Waals surface area contributed by atoms with Crippen molar-refractivity contribution in [2.75, 3.05) is 13.2 Å². The molecule has 1 rings (SSSR count). The van der Waals surface area contributed by atoms with Gasteiger partial charge >= 0.3 is 7.60 Å².